The first kappa shape index (κ1) is 24.1. The number of pyridine rings is 2. The molecule has 0 saturated carbocycles. The average Bonchev–Trinajstić information content (AvgIpc) is 3.40. The molecule has 0 atom stereocenters. The fourth-order valence-corrected chi connectivity index (χ4v) is 1.93. The topological polar surface area (TPSA) is 106 Å². The Kier molecular flexibility index (Phi) is 7.60. The number of alkyl halides is 6. The Bertz CT molecular complexity index is 999. The van der Waals surface area contributed by atoms with Gasteiger partial charge in [0, 0.05) is 12.4 Å². The van der Waals surface area contributed by atoms with Crippen LogP contribution in [-0.4, -0.2) is 30.1 Å². The molecule has 0 aromatic carbocycles. The largest absolute Gasteiger partial charge is 2.00 e. The molecule has 4 heterocycles. The van der Waals surface area contributed by atoms with Gasteiger partial charge in [-0.25, -0.2) is 4.98 Å². The minimum absolute atomic E-state index is 0. The molecule has 0 spiro atoms. The SMILES string of the molecule is FC(F)(F)c1n[n-]c(-c2cccc(-c3nc(C(F)(F)F)n[n-]3)n2)n1.[Pt+2].c1ccncc1. The van der Waals surface area contributed by atoms with E-state index in [4.69, 9.17) is 0 Å². The smallest absolute Gasteiger partial charge is 0.413 e. The number of nitrogens with zero attached hydrogens (tertiary/aromatic N) is 8. The minimum atomic E-state index is -4.77. The van der Waals surface area contributed by atoms with Crippen molar-refractivity contribution in [2.75, 3.05) is 0 Å². The molecule has 0 saturated heterocycles. The Morgan fingerprint density at radius 3 is 1.35 bits per heavy atom. The second-order valence-electron chi connectivity index (χ2n) is 5.35. The molecular formula is C16H8F6N8Pt. The van der Waals surface area contributed by atoms with Crippen molar-refractivity contribution < 1.29 is 47.4 Å². The normalized spacial score (nSPS) is 11.3. The molecule has 0 unspecified atom stereocenters. The Balaban J connectivity index is 0.000000422. The van der Waals surface area contributed by atoms with Gasteiger partial charge in [0.05, 0.1) is 11.4 Å². The number of hydrogen-bond acceptors (Lipinski definition) is 6. The van der Waals surface area contributed by atoms with Crippen molar-refractivity contribution in [1.82, 2.24) is 40.3 Å². The van der Waals surface area contributed by atoms with E-state index in [0.29, 0.717) is 0 Å². The minimum Gasteiger partial charge on any atom is -0.413 e. The summed E-state index contributed by atoms with van der Waals surface area (Å²) in [6.45, 7) is 0. The summed E-state index contributed by atoms with van der Waals surface area (Å²) in [4.78, 5) is 14.0. The van der Waals surface area contributed by atoms with Crippen LogP contribution >= 0.6 is 0 Å². The molecular weight excluding hydrogens is 613 g/mol. The Morgan fingerprint density at radius 1 is 0.613 bits per heavy atom. The first-order valence-corrected chi connectivity index (χ1v) is 7.86. The molecule has 0 N–H and O–H groups in total. The Labute approximate surface area is 183 Å². The second kappa shape index (κ2) is 9.77. The molecule has 0 radical (unpaired) electrons. The summed E-state index contributed by atoms with van der Waals surface area (Å²) in [5.74, 6) is -3.76. The van der Waals surface area contributed by atoms with Crippen molar-refractivity contribution in [2.45, 2.75) is 12.4 Å². The summed E-state index contributed by atoms with van der Waals surface area (Å²) < 4.78 is 74.7. The first-order chi connectivity index (χ1) is 14.1. The number of hydrogen-bond donors (Lipinski definition) is 0. The van der Waals surface area contributed by atoms with Crippen molar-refractivity contribution >= 4 is 0 Å². The van der Waals surface area contributed by atoms with E-state index < -0.39 is 35.7 Å². The predicted octanol–water partition coefficient (Wildman–Crippen LogP) is 3.03. The standard InChI is InChI=1S/C11H3F6N7.C5H5N.Pt/c12-10(13,14)8-19-6(21-23-8)4-2-1-3-5(18-4)7-20-9(24-22-7)11(15,16)17;1-2-4-6-5-3-1;/h1-3H;1-5H;/q-2;;+2. The van der Waals surface area contributed by atoms with Crippen LogP contribution in [0.3, 0.4) is 0 Å². The summed E-state index contributed by atoms with van der Waals surface area (Å²) in [6, 6.07) is 9.57. The summed E-state index contributed by atoms with van der Waals surface area (Å²) >= 11 is 0. The number of rotatable bonds is 2. The molecule has 0 aliphatic rings. The van der Waals surface area contributed by atoms with Gasteiger partial charge in [-0.15, -0.1) is 0 Å². The van der Waals surface area contributed by atoms with Crippen LogP contribution in [0.4, 0.5) is 26.3 Å². The van der Waals surface area contributed by atoms with Crippen LogP contribution in [0.5, 0.6) is 0 Å². The third kappa shape index (κ3) is 6.41. The molecule has 4 aromatic rings. The third-order valence-corrected chi connectivity index (χ3v) is 3.18. The van der Waals surface area contributed by atoms with Gasteiger partial charge in [0.1, 0.15) is 11.6 Å². The van der Waals surface area contributed by atoms with Gasteiger partial charge in [-0.2, -0.15) is 26.3 Å². The molecule has 4 aromatic heterocycles. The van der Waals surface area contributed by atoms with E-state index in [2.05, 4.69) is 40.3 Å². The van der Waals surface area contributed by atoms with E-state index in [1.807, 2.05) is 18.2 Å². The summed E-state index contributed by atoms with van der Waals surface area (Å²) in [5, 5.41) is 12.3. The first-order valence-electron chi connectivity index (χ1n) is 7.86. The van der Waals surface area contributed by atoms with Crippen molar-refractivity contribution in [3.8, 4) is 23.0 Å². The van der Waals surface area contributed by atoms with E-state index in [9.17, 15) is 26.3 Å². The van der Waals surface area contributed by atoms with Crippen LogP contribution in [0.25, 0.3) is 23.0 Å². The van der Waals surface area contributed by atoms with E-state index in [1.165, 1.54) is 18.2 Å². The van der Waals surface area contributed by atoms with Crippen molar-refractivity contribution in [1.29, 1.82) is 0 Å². The van der Waals surface area contributed by atoms with Crippen LogP contribution in [0.2, 0.25) is 0 Å². The third-order valence-electron chi connectivity index (χ3n) is 3.18. The molecule has 0 bridgehead atoms. The fraction of sp³-hybridized carbons (Fsp3) is 0.125. The molecule has 0 amide bonds. The summed E-state index contributed by atoms with van der Waals surface area (Å²) in [7, 11) is 0. The molecule has 0 aliphatic heterocycles. The van der Waals surface area contributed by atoms with Crippen molar-refractivity contribution in [2.24, 2.45) is 0 Å². The van der Waals surface area contributed by atoms with Crippen LogP contribution in [0.15, 0.2) is 48.8 Å². The zero-order valence-electron chi connectivity index (χ0n) is 14.8. The van der Waals surface area contributed by atoms with Crippen molar-refractivity contribution in [3.63, 3.8) is 0 Å². The maximum atomic E-state index is 12.5. The van der Waals surface area contributed by atoms with E-state index in [-0.39, 0.29) is 32.5 Å². The average molecular weight is 621 g/mol. The van der Waals surface area contributed by atoms with Gasteiger partial charge in [-0.1, -0.05) is 12.1 Å². The van der Waals surface area contributed by atoms with Crippen molar-refractivity contribution in [3.05, 3.63) is 60.4 Å². The monoisotopic (exact) mass is 621 g/mol. The van der Waals surface area contributed by atoms with Gasteiger partial charge in [0.2, 0.25) is 0 Å². The quantitative estimate of drug-likeness (QED) is 0.315. The van der Waals surface area contributed by atoms with E-state index in [0.717, 1.165) is 0 Å². The Morgan fingerprint density at radius 2 is 1.06 bits per heavy atom. The maximum Gasteiger partial charge on any atom is 2.00 e. The van der Waals surface area contributed by atoms with Crippen LogP contribution < -0.4 is 10.2 Å². The Hall–Kier alpha value is -3.15. The van der Waals surface area contributed by atoms with Gasteiger partial charge < -0.3 is 20.2 Å². The molecule has 0 fully saturated rings. The fourth-order valence-electron chi connectivity index (χ4n) is 1.93. The molecule has 4 rings (SSSR count). The summed E-state index contributed by atoms with van der Waals surface area (Å²) in [5.41, 5.74) is -0.261. The predicted molar refractivity (Wildman–Crippen MR) is 87.2 cm³/mol. The molecule has 31 heavy (non-hydrogen) atoms. The second-order valence-corrected chi connectivity index (χ2v) is 5.35. The van der Waals surface area contributed by atoms with Crippen LogP contribution in [-0.2, 0) is 33.4 Å². The van der Waals surface area contributed by atoms with Crippen LogP contribution in [0.1, 0.15) is 11.6 Å². The zero-order valence-corrected chi connectivity index (χ0v) is 17.1. The van der Waals surface area contributed by atoms with Gasteiger partial charge in [-0.3, -0.25) is 15.2 Å². The molecule has 164 valence electrons. The van der Waals surface area contributed by atoms with Gasteiger partial charge in [0.25, 0.3) is 0 Å². The summed E-state index contributed by atoms with van der Waals surface area (Å²) in [6.07, 6.45) is -6.05. The molecule has 0 aliphatic carbocycles. The molecule has 15 heteroatoms. The van der Waals surface area contributed by atoms with E-state index >= 15 is 0 Å². The number of aromatic nitrogens is 8. The van der Waals surface area contributed by atoms with E-state index in [1.54, 1.807) is 12.4 Å². The number of halogens is 6. The molecule has 8 nitrogen and oxygen atoms in total. The van der Waals surface area contributed by atoms with Gasteiger partial charge in [0.15, 0.2) is 0 Å². The van der Waals surface area contributed by atoms with Gasteiger partial charge >= 0.3 is 33.4 Å². The zero-order chi connectivity index (χ0) is 21.8. The maximum absolute atomic E-state index is 12.5. The van der Waals surface area contributed by atoms with Gasteiger partial charge in [-0.05, 0) is 35.9 Å². The van der Waals surface area contributed by atoms with Crippen LogP contribution in [0, 0.1) is 0 Å².